The zero-order valence-corrected chi connectivity index (χ0v) is 15.9. The monoisotopic (exact) mass is 344 g/mol. The number of hydrogen-bond acceptors (Lipinski definition) is 3. The molecule has 0 aromatic carbocycles. The molecule has 5 heteroatoms. The summed E-state index contributed by atoms with van der Waals surface area (Å²) in [4.78, 5) is 21.5. The number of nitrogens with one attached hydrogen (secondary N) is 1. The fraction of sp³-hybridized carbons (Fsp3) is 0.700. The maximum atomic E-state index is 12.7. The Morgan fingerprint density at radius 3 is 2.72 bits per heavy atom. The van der Waals surface area contributed by atoms with E-state index in [9.17, 15) is 4.79 Å². The lowest BCUT2D eigenvalue weighted by molar-refractivity contribution is 0.170. The first-order valence-electron chi connectivity index (χ1n) is 9.66. The number of likely N-dealkylation sites (N-methyl/N-ethyl adjacent to an activating group) is 1. The van der Waals surface area contributed by atoms with Gasteiger partial charge in [0.15, 0.2) is 0 Å². The van der Waals surface area contributed by atoms with Gasteiger partial charge in [-0.05, 0) is 70.3 Å². The van der Waals surface area contributed by atoms with Crippen LogP contribution in [-0.2, 0) is 6.42 Å². The van der Waals surface area contributed by atoms with E-state index in [4.69, 9.17) is 0 Å². The van der Waals surface area contributed by atoms with Gasteiger partial charge in [0, 0.05) is 37.9 Å². The molecule has 2 aliphatic rings. The van der Waals surface area contributed by atoms with Gasteiger partial charge in [-0.2, -0.15) is 0 Å². The number of likely N-dealkylation sites (tertiary alicyclic amines) is 1. The maximum Gasteiger partial charge on any atom is 0.317 e. The van der Waals surface area contributed by atoms with Gasteiger partial charge < -0.3 is 15.1 Å². The van der Waals surface area contributed by atoms with E-state index in [0.29, 0.717) is 0 Å². The Hall–Kier alpha value is -1.62. The molecular weight excluding hydrogens is 312 g/mol. The number of urea groups is 1. The highest BCUT2D eigenvalue weighted by Gasteiger charge is 2.46. The second-order valence-electron chi connectivity index (χ2n) is 8.04. The zero-order chi connectivity index (χ0) is 17.9. The average molecular weight is 345 g/mol. The number of amides is 2. The lowest BCUT2D eigenvalue weighted by Crippen LogP contribution is -2.52. The van der Waals surface area contributed by atoms with Crippen LogP contribution in [0.15, 0.2) is 18.3 Å². The third-order valence-electron chi connectivity index (χ3n) is 5.66. The van der Waals surface area contributed by atoms with E-state index in [1.807, 2.05) is 24.2 Å². The average Bonchev–Trinajstić information content (AvgIpc) is 3.34. The van der Waals surface area contributed by atoms with Crippen molar-refractivity contribution < 1.29 is 4.79 Å². The third-order valence-corrected chi connectivity index (χ3v) is 5.66. The Morgan fingerprint density at radius 1 is 1.36 bits per heavy atom. The van der Waals surface area contributed by atoms with E-state index in [2.05, 4.69) is 35.1 Å². The van der Waals surface area contributed by atoms with Gasteiger partial charge in [-0.1, -0.05) is 6.42 Å². The molecule has 0 radical (unpaired) electrons. The van der Waals surface area contributed by atoms with Crippen LogP contribution in [0.4, 0.5) is 4.79 Å². The van der Waals surface area contributed by atoms with Crippen molar-refractivity contribution in [2.75, 3.05) is 26.7 Å². The van der Waals surface area contributed by atoms with E-state index in [1.165, 1.54) is 37.9 Å². The fourth-order valence-electron chi connectivity index (χ4n) is 3.68. The highest BCUT2D eigenvalue weighted by atomic mass is 16.2. The Balaban J connectivity index is 1.51. The number of nitrogens with zero attached hydrogens (tertiary/aromatic N) is 3. The van der Waals surface area contributed by atoms with Crippen molar-refractivity contribution in [3.05, 3.63) is 29.6 Å². The summed E-state index contributed by atoms with van der Waals surface area (Å²) < 4.78 is 0. The second kappa shape index (κ2) is 7.73. The summed E-state index contributed by atoms with van der Waals surface area (Å²) in [6.45, 7) is 7.55. The Morgan fingerprint density at radius 2 is 2.08 bits per heavy atom. The summed E-state index contributed by atoms with van der Waals surface area (Å²) in [5.74, 6) is 0. The van der Waals surface area contributed by atoms with Gasteiger partial charge in [0.2, 0.25) is 0 Å². The van der Waals surface area contributed by atoms with Crippen LogP contribution in [0.3, 0.4) is 0 Å². The molecule has 1 atom stereocenters. The molecule has 1 N–H and O–H groups in total. The predicted octanol–water partition coefficient (Wildman–Crippen LogP) is 2.98. The molecule has 1 aliphatic heterocycles. The fourth-order valence-corrected chi connectivity index (χ4v) is 3.68. The topological polar surface area (TPSA) is 48.5 Å². The van der Waals surface area contributed by atoms with E-state index in [0.717, 1.165) is 31.5 Å². The molecule has 0 spiro atoms. The van der Waals surface area contributed by atoms with Gasteiger partial charge >= 0.3 is 6.03 Å². The number of pyridine rings is 1. The van der Waals surface area contributed by atoms with E-state index >= 15 is 0 Å². The van der Waals surface area contributed by atoms with Crippen molar-refractivity contribution in [1.82, 2.24) is 20.1 Å². The first-order valence-corrected chi connectivity index (χ1v) is 9.66. The first kappa shape index (κ1) is 18.2. The highest BCUT2D eigenvalue weighted by Crippen LogP contribution is 2.37. The zero-order valence-electron chi connectivity index (χ0n) is 15.9. The Bertz CT molecular complexity index is 593. The molecule has 2 amide bonds. The van der Waals surface area contributed by atoms with Crippen molar-refractivity contribution in [1.29, 1.82) is 0 Å². The summed E-state index contributed by atoms with van der Waals surface area (Å²) in [5, 5.41) is 3.32. The number of hydrogen-bond donors (Lipinski definition) is 1. The molecule has 3 rings (SSSR count). The second-order valence-corrected chi connectivity index (χ2v) is 8.04. The maximum absolute atomic E-state index is 12.7. The van der Waals surface area contributed by atoms with Crippen LogP contribution in [0.1, 0.15) is 50.3 Å². The number of piperidine rings is 1. The Kier molecular flexibility index (Phi) is 5.62. The van der Waals surface area contributed by atoms with Crippen molar-refractivity contribution in [2.45, 2.75) is 64.0 Å². The van der Waals surface area contributed by atoms with Crippen LogP contribution < -0.4 is 5.32 Å². The van der Waals surface area contributed by atoms with Crippen LogP contribution in [0, 0.1) is 6.92 Å². The number of rotatable bonds is 6. The van der Waals surface area contributed by atoms with Gasteiger partial charge in [-0.25, -0.2) is 4.79 Å². The summed E-state index contributed by atoms with van der Waals surface area (Å²) >= 11 is 0. The molecule has 1 aliphatic carbocycles. The molecule has 0 bridgehead atoms. The summed E-state index contributed by atoms with van der Waals surface area (Å²) in [6.07, 6.45) is 8.78. The van der Waals surface area contributed by atoms with Crippen LogP contribution in [0.25, 0.3) is 0 Å². The molecular formula is C20H32N4O. The molecule has 25 heavy (non-hydrogen) atoms. The van der Waals surface area contributed by atoms with Crippen molar-refractivity contribution in [3.8, 4) is 0 Å². The van der Waals surface area contributed by atoms with Crippen molar-refractivity contribution in [2.24, 2.45) is 0 Å². The summed E-state index contributed by atoms with van der Waals surface area (Å²) in [7, 11) is 1.90. The predicted molar refractivity (Wildman–Crippen MR) is 101 cm³/mol. The van der Waals surface area contributed by atoms with Crippen LogP contribution in [0.2, 0.25) is 0 Å². The quantitative estimate of drug-likeness (QED) is 0.863. The molecule has 1 unspecified atom stereocenters. The van der Waals surface area contributed by atoms with Gasteiger partial charge in [0.25, 0.3) is 0 Å². The SMILES string of the molecule is Cc1ccnc(CC(C)N(C)C(=O)NC2(CN3CCCCC3)CC2)c1. The minimum absolute atomic E-state index is 0.0178. The Labute approximate surface area is 151 Å². The molecule has 1 saturated heterocycles. The molecule has 2 fully saturated rings. The van der Waals surface area contributed by atoms with Gasteiger partial charge in [-0.3, -0.25) is 4.98 Å². The standard InChI is InChI=1S/C20H32N4O/c1-16-7-10-21-18(13-16)14-17(2)23(3)19(25)22-20(8-9-20)15-24-11-5-4-6-12-24/h7,10,13,17H,4-6,8-9,11-12,14-15H2,1-3H3,(H,22,25). The van der Waals surface area contributed by atoms with E-state index in [-0.39, 0.29) is 17.6 Å². The van der Waals surface area contributed by atoms with E-state index < -0.39 is 0 Å². The lowest BCUT2D eigenvalue weighted by atomic mass is 10.1. The van der Waals surface area contributed by atoms with Crippen molar-refractivity contribution >= 4 is 6.03 Å². The number of aryl methyl sites for hydroxylation is 1. The van der Waals surface area contributed by atoms with Crippen LogP contribution >= 0.6 is 0 Å². The van der Waals surface area contributed by atoms with Gasteiger partial charge in [0.1, 0.15) is 0 Å². The van der Waals surface area contributed by atoms with Crippen LogP contribution in [-0.4, -0.2) is 59.1 Å². The normalized spacial score (nSPS) is 20.8. The van der Waals surface area contributed by atoms with Crippen molar-refractivity contribution in [3.63, 3.8) is 0 Å². The third kappa shape index (κ3) is 4.94. The highest BCUT2D eigenvalue weighted by molar-refractivity contribution is 5.75. The summed E-state index contributed by atoms with van der Waals surface area (Å²) in [5.41, 5.74) is 2.27. The molecule has 1 aromatic heterocycles. The summed E-state index contributed by atoms with van der Waals surface area (Å²) in [6, 6.07) is 4.28. The lowest BCUT2D eigenvalue weighted by Gasteiger charge is -2.33. The number of carbonyl (C=O) groups is 1. The minimum Gasteiger partial charge on any atom is -0.331 e. The smallest absolute Gasteiger partial charge is 0.317 e. The molecule has 2 heterocycles. The largest absolute Gasteiger partial charge is 0.331 e. The first-order chi connectivity index (χ1) is 12.0. The van der Waals surface area contributed by atoms with Gasteiger partial charge in [0.05, 0.1) is 5.54 Å². The number of aromatic nitrogens is 1. The van der Waals surface area contributed by atoms with Gasteiger partial charge in [-0.15, -0.1) is 0 Å². The minimum atomic E-state index is 0.0178. The van der Waals surface area contributed by atoms with E-state index in [1.54, 1.807) is 0 Å². The molecule has 138 valence electrons. The van der Waals surface area contributed by atoms with Crippen LogP contribution in [0.5, 0.6) is 0 Å². The molecule has 1 saturated carbocycles. The molecule has 1 aromatic rings. The molecule has 5 nitrogen and oxygen atoms in total. The number of carbonyl (C=O) groups excluding carboxylic acids is 1.